The zero-order chi connectivity index (χ0) is 23.9. The van der Waals surface area contributed by atoms with Crippen molar-refractivity contribution in [2.45, 2.75) is 25.0 Å². The van der Waals surface area contributed by atoms with Crippen LogP contribution in [-0.4, -0.2) is 39.6 Å². The maximum atomic E-state index is 13.2. The number of thioether (sulfide) groups is 1. The van der Waals surface area contributed by atoms with Gasteiger partial charge in [0, 0.05) is 19.8 Å². The van der Waals surface area contributed by atoms with Crippen molar-refractivity contribution in [3.05, 3.63) is 70.9 Å². The Morgan fingerprint density at radius 1 is 1.21 bits per heavy atom. The number of hydrogen-bond acceptors (Lipinski definition) is 7. The van der Waals surface area contributed by atoms with Gasteiger partial charge in [0.25, 0.3) is 5.56 Å². The molecule has 0 atom stereocenters. The van der Waals surface area contributed by atoms with E-state index in [9.17, 15) is 14.0 Å². The van der Waals surface area contributed by atoms with E-state index in [0.29, 0.717) is 53.4 Å². The van der Waals surface area contributed by atoms with Crippen LogP contribution in [-0.2, 0) is 16.1 Å². The van der Waals surface area contributed by atoms with Crippen LogP contribution in [0.4, 0.5) is 10.3 Å². The molecule has 0 fully saturated rings. The summed E-state index contributed by atoms with van der Waals surface area (Å²) < 4.78 is 25.4. The summed E-state index contributed by atoms with van der Waals surface area (Å²) in [5, 5.41) is 7.41. The number of ether oxygens (including phenoxy) is 1. The van der Waals surface area contributed by atoms with Gasteiger partial charge >= 0.3 is 0 Å². The van der Waals surface area contributed by atoms with Crippen LogP contribution in [0.1, 0.15) is 13.3 Å². The van der Waals surface area contributed by atoms with Crippen molar-refractivity contribution < 1.29 is 18.4 Å². The molecule has 10 heteroatoms. The van der Waals surface area contributed by atoms with Crippen LogP contribution in [0.5, 0.6) is 0 Å². The monoisotopic (exact) mass is 482 g/mol. The molecule has 0 unspecified atom stereocenters. The number of carbonyl (C=O) groups is 1. The first-order valence-corrected chi connectivity index (χ1v) is 11.8. The van der Waals surface area contributed by atoms with E-state index in [1.807, 2.05) is 13.0 Å². The van der Waals surface area contributed by atoms with Crippen molar-refractivity contribution in [2.75, 3.05) is 24.3 Å². The van der Waals surface area contributed by atoms with E-state index in [1.165, 1.54) is 18.3 Å². The third-order valence-corrected chi connectivity index (χ3v) is 5.99. The average Bonchev–Trinajstić information content (AvgIpc) is 3.30. The van der Waals surface area contributed by atoms with E-state index in [4.69, 9.17) is 9.26 Å². The maximum Gasteiger partial charge on any atom is 0.262 e. The number of amides is 1. The van der Waals surface area contributed by atoms with Crippen molar-refractivity contribution >= 4 is 34.5 Å². The van der Waals surface area contributed by atoms with Crippen LogP contribution >= 0.6 is 11.8 Å². The van der Waals surface area contributed by atoms with E-state index >= 15 is 0 Å². The topological polar surface area (TPSA) is 99.2 Å². The fourth-order valence-electron chi connectivity index (χ4n) is 3.38. The molecule has 0 radical (unpaired) electrons. The van der Waals surface area contributed by atoms with Gasteiger partial charge in [-0.25, -0.2) is 9.37 Å². The molecule has 176 valence electrons. The maximum absolute atomic E-state index is 13.2. The minimum atomic E-state index is -0.364. The fourth-order valence-corrected chi connectivity index (χ4v) is 4.21. The number of benzene rings is 2. The van der Waals surface area contributed by atoms with Gasteiger partial charge in [0.2, 0.25) is 11.8 Å². The van der Waals surface area contributed by atoms with Gasteiger partial charge in [0.1, 0.15) is 5.82 Å². The molecule has 34 heavy (non-hydrogen) atoms. The van der Waals surface area contributed by atoms with Crippen LogP contribution in [0.25, 0.3) is 22.0 Å². The number of nitrogens with one attached hydrogen (secondary N) is 1. The highest BCUT2D eigenvalue weighted by molar-refractivity contribution is 7.99. The number of aromatic nitrogens is 3. The highest BCUT2D eigenvalue weighted by Crippen LogP contribution is 2.28. The van der Waals surface area contributed by atoms with Crippen molar-refractivity contribution in [3.63, 3.8) is 0 Å². The molecule has 4 aromatic rings. The summed E-state index contributed by atoms with van der Waals surface area (Å²) in [6, 6.07) is 12.9. The van der Waals surface area contributed by atoms with Crippen LogP contribution in [0.15, 0.2) is 69.2 Å². The second-order valence-electron chi connectivity index (χ2n) is 7.33. The first kappa shape index (κ1) is 23.7. The van der Waals surface area contributed by atoms with Gasteiger partial charge in [-0.05, 0) is 43.2 Å². The van der Waals surface area contributed by atoms with Crippen molar-refractivity contribution in [1.82, 2.24) is 14.7 Å². The third-order valence-electron chi connectivity index (χ3n) is 5.01. The van der Waals surface area contributed by atoms with Crippen LogP contribution in [0, 0.1) is 5.82 Å². The summed E-state index contributed by atoms with van der Waals surface area (Å²) in [5.41, 5.74) is 1.61. The molecule has 1 amide bonds. The lowest BCUT2D eigenvalue weighted by atomic mass is 10.1. The van der Waals surface area contributed by atoms with Gasteiger partial charge in [0.05, 0.1) is 28.4 Å². The Bertz CT molecular complexity index is 1340. The molecule has 2 aromatic heterocycles. The molecule has 8 nitrogen and oxygen atoms in total. The molecule has 0 aliphatic rings. The van der Waals surface area contributed by atoms with Gasteiger partial charge in [-0.1, -0.05) is 41.2 Å². The Morgan fingerprint density at radius 3 is 2.79 bits per heavy atom. The van der Waals surface area contributed by atoms with Crippen LogP contribution < -0.4 is 10.9 Å². The largest absolute Gasteiger partial charge is 0.382 e. The summed E-state index contributed by atoms with van der Waals surface area (Å²) in [6.45, 7) is 3.48. The van der Waals surface area contributed by atoms with Crippen molar-refractivity contribution in [2.24, 2.45) is 0 Å². The van der Waals surface area contributed by atoms with Crippen LogP contribution in [0.2, 0.25) is 0 Å². The van der Waals surface area contributed by atoms with E-state index in [0.717, 1.165) is 11.8 Å². The average molecular weight is 483 g/mol. The molecule has 2 aromatic carbocycles. The Kier molecular flexibility index (Phi) is 7.71. The van der Waals surface area contributed by atoms with E-state index in [2.05, 4.69) is 15.5 Å². The summed E-state index contributed by atoms with van der Waals surface area (Å²) in [4.78, 5) is 30.3. The Balaban J connectivity index is 1.50. The summed E-state index contributed by atoms with van der Waals surface area (Å²) >= 11 is 1.16. The summed E-state index contributed by atoms with van der Waals surface area (Å²) in [7, 11) is 0. The molecule has 2 heterocycles. The minimum Gasteiger partial charge on any atom is -0.382 e. The lowest BCUT2D eigenvalue weighted by Gasteiger charge is -2.13. The Hall–Kier alpha value is -3.50. The Labute approximate surface area is 199 Å². The number of para-hydroxylation sites is 1. The molecule has 4 rings (SSSR count). The van der Waals surface area contributed by atoms with Gasteiger partial charge < -0.3 is 9.26 Å². The van der Waals surface area contributed by atoms with Crippen LogP contribution in [0.3, 0.4) is 0 Å². The number of nitrogens with zero attached hydrogens (tertiary/aromatic N) is 3. The first-order valence-electron chi connectivity index (χ1n) is 10.8. The van der Waals surface area contributed by atoms with E-state index in [1.54, 1.807) is 34.9 Å². The highest BCUT2D eigenvalue weighted by atomic mass is 32.2. The lowest BCUT2D eigenvalue weighted by Crippen LogP contribution is -2.25. The van der Waals surface area contributed by atoms with Gasteiger partial charge in [-0.2, -0.15) is 0 Å². The minimum absolute atomic E-state index is 0.000200. The molecular formula is C24H23FN4O4S. The second-order valence-corrected chi connectivity index (χ2v) is 8.27. The predicted octanol–water partition coefficient (Wildman–Crippen LogP) is 4.35. The SMILES string of the molecule is CCOCCCn1c(SCC(=O)Nc2oncc2-c2ccc(F)cc2)nc2ccccc2c1=O. The predicted molar refractivity (Wildman–Crippen MR) is 128 cm³/mol. The molecule has 0 bridgehead atoms. The third kappa shape index (κ3) is 5.52. The molecule has 0 spiro atoms. The second kappa shape index (κ2) is 11.1. The number of anilines is 1. The number of rotatable bonds is 10. The lowest BCUT2D eigenvalue weighted by molar-refractivity contribution is -0.113. The molecular weight excluding hydrogens is 459 g/mol. The zero-order valence-corrected chi connectivity index (χ0v) is 19.3. The smallest absolute Gasteiger partial charge is 0.262 e. The molecule has 0 aliphatic heterocycles. The van der Waals surface area contributed by atoms with E-state index < -0.39 is 0 Å². The molecule has 1 N–H and O–H groups in total. The van der Waals surface area contributed by atoms with Gasteiger partial charge in [-0.15, -0.1) is 0 Å². The van der Waals surface area contributed by atoms with Gasteiger partial charge in [0.15, 0.2) is 5.16 Å². The highest BCUT2D eigenvalue weighted by Gasteiger charge is 2.16. The van der Waals surface area contributed by atoms with Crippen molar-refractivity contribution in [1.29, 1.82) is 0 Å². The Morgan fingerprint density at radius 2 is 2.00 bits per heavy atom. The normalized spacial score (nSPS) is 11.1. The quantitative estimate of drug-likeness (QED) is 0.204. The summed E-state index contributed by atoms with van der Waals surface area (Å²) in [6.07, 6.45) is 2.10. The number of carbonyl (C=O) groups excluding carboxylic acids is 1. The number of fused-ring (bicyclic) bond motifs is 1. The molecule has 0 aliphatic carbocycles. The van der Waals surface area contributed by atoms with E-state index in [-0.39, 0.29) is 28.9 Å². The fraction of sp³-hybridized carbons (Fsp3) is 0.250. The molecule has 0 saturated carbocycles. The van der Waals surface area contributed by atoms with Gasteiger partial charge in [-0.3, -0.25) is 19.5 Å². The standard InChI is InChI=1S/C24H23FN4O4S/c1-2-32-13-5-12-29-23(31)18-6-3-4-7-20(18)27-24(29)34-15-21(30)28-22-19(14-26-33-22)16-8-10-17(25)11-9-16/h3-4,6-11,14H,2,5,12-13,15H2,1H3,(H,28,30). The number of halogens is 1. The molecule has 0 saturated heterocycles. The summed E-state index contributed by atoms with van der Waals surface area (Å²) in [5.74, 6) is -0.552. The zero-order valence-electron chi connectivity index (χ0n) is 18.5. The first-order chi connectivity index (χ1) is 16.6. The van der Waals surface area contributed by atoms with Crippen molar-refractivity contribution in [3.8, 4) is 11.1 Å². The number of hydrogen-bond donors (Lipinski definition) is 1.